The second-order valence-electron chi connectivity index (χ2n) is 2.78. The molecule has 0 aliphatic carbocycles. The minimum Gasteiger partial charge on any atom is -0.223 e. The second-order valence-corrected chi connectivity index (χ2v) is 5.05. The van der Waals surface area contributed by atoms with Crippen molar-refractivity contribution in [3.63, 3.8) is 0 Å². The van der Waals surface area contributed by atoms with Crippen molar-refractivity contribution in [1.29, 1.82) is 0 Å². The molecule has 0 saturated carbocycles. The molecule has 0 atom stereocenters. The lowest BCUT2D eigenvalue weighted by Crippen LogP contribution is -2.06. The van der Waals surface area contributed by atoms with Crippen molar-refractivity contribution in [2.45, 2.75) is 32.9 Å². The van der Waals surface area contributed by atoms with Gasteiger partial charge >= 0.3 is 0 Å². The molecule has 0 spiro atoms. The number of hydrogen-bond donors (Lipinski definition) is 0. The first-order valence-electron chi connectivity index (χ1n) is 4.53. The van der Waals surface area contributed by atoms with Crippen LogP contribution in [0.2, 0.25) is 5.15 Å². The third-order valence-corrected chi connectivity index (χ3v) is 2.85. The van der Waals surface area contributed by atoms with E-state index in [1.807, 2.05) is 13.8 Å². The first-order chi connectivity index (χ1) is 6.82. The maximum atomic E-state index is 11.1. The van der Waals surface area contributed by atoms with Gasteiger partial charge in [0.2, 0.25) is 15.0 Å². The maximum absolute atomic E-state index is 11.1. The fraction of sp³-hybridized carbons (Fsp3) is 0.556. The lowest BCUT2D eigenvalue weighted by Gasteiger charge is -2.03. The largest absolute Gasteiger partial charge is 0.248 e. The molecule has 0 radical (unpaired) electrons. The van der Waals surface area contributed by atoms with Gasteiger partial charge in [-0.1, -0.05) is 25.4 Å². The molecule has 0 saturated heterocycles. The highest BCUT2D eigenvalue weighted by Crippen LogP contribution is 2.16. The summed E-state index contributed by atoms with van der Waals surface area (Å²) >= 11 is 5.71. The summed E-state index contributed by atoms with van der Waals surface area (Å²) in [6, 6.07) is 0. The Kier molecular flexibility index (Phi) is 5.17. The summed E-state index contributed by atoms with van der Waals surface area (Å²) < 4.78 is 22.1. The lowest BCUT2D eigenvalue weighted by molar-refractivity contribution is 0.592. The minimum atomic E-state index is -3.37. The smallest absolute Gasteiger partial charge is 0.223 e. The molecule has 0 N–H and O–H groups in total. The first kappa shape index (κ1) is 14.3. The number of sulfone groups is 1. The van der Waals surface area contributed by atoms with Gasteiger partial charge in [-0.2, -0.15) is 0 Å². The molecule has 86 valence electrons. The van der Waals surface area contributed by atoms with Crippen molar-refractivity contribution >= 4 is 21.4 Å². The molecule has 0 amide bonds. The Balaban J connectivity index is 0.000000921. The summed E-state index contributed by atoms with van der Waals surface area (Å²) in [5.74, 6) is 0. The van der Waals surface area contributed by atoms with Crippen LogP contribution in [0.4, 0.5) is 0 Å². The molecule has 1 rings (SSSR count). The Hall–Kier alpha value is -0.680. The third kappa shape index (κ3) is 3.76. The van der Waals surface area contributed by atoms with Crippen LogP contribution in [-0.2, 0) is 9.84 Å². The minimum absolute atomic E-state index is 0.188. The number of rotatable bonds is 1. The van der Waals surface area contributed by atoms with Crippen molar-refractivity contribution in [2.75, 3.05) is 6.26 Å². The Labute approximate surface area is 95.6 Å². The van der Waals surface area contributed by atoms with Crippen LogP contribution < -0.4 is 0 Å². The van der Waals surface area contributed by atoms with E-state index in [1.54, 1.807) is 13.8 Å². The van der Waals surface area contributed by atoms with Crippen LogP contribution >= 0.6 is 11.6 Å². The normalized spacial score (nSPS) is 10.5. The molecule has 0 unspecified atom stereocenters. The van der Waals surface area contributed by atoms with Gasteiger partial charge < -0.3 is 0 Å². The van der Waals surface area contributed by atoms with E-state index in [4.69, 9.17) is 11.6 Å². The van der Waals surface area contributed by atoms with E-state index in [0.29, 0.717) is 11.3 Å². The van der Waals surface area contributed by atoms with Crippen LogP contribution in [0.15, 0.2) is 5.16 Å². The molecule has 1 aromatic rings. The second kappa shape index (κ2) is 5.42. The van der Waals surface area contributed by atoms with Crippen molar-refractivity contribution in [1.82, 2.24) is 9.97 Å². The van der Waals surface area contributed by atoms with Gasteiger partial charge in [-0.15, -0.1) is 0 Å². The Morgan fingerprint density at radius 1 is 1.13 bits per heavy atom. The molecule has 0 aromatic carbocycles. The number of halogens is 1. The molecule has 6 heteroatoms. The molecular formula is C9H15ClN2O2S. The zero-order chi connectivity index (χ0) is 12.2. The van der Waals surface area contributed by atoms with Crippen LogP contribution in [0.1, 0.15) is 25.1 Å². The van der Waals surface area contributed by atoms with Crippen molar-refractivity contribution in [3.8, 4) is 0 Å². The monoisotopic (exact) mass is 250 g/mol. The molecule has 4 nitrogen and oxygen atoms in total. The molecular weight excluding hydrogens is 236 g/mol. The maximum Gasteiger partial charge on any atom is 0.248 e. The molecule has 0 bridgehead atoms. The number of hydrogen-bond acceptors (Lipinski definition) is 4. The van der Waals surface area contributed by atoms with Gasteiger partial charge in [-0.3, -0.25) is 0 Å². The molecule has 0 fully saturated rings. The first-order valence-corrected chi connectivity index (χ1v) is 6.80. The molecule has 15 heavy (non-hydrogen) atoms. The zero-order valence-electron chi connectivity index (χ0n) is 9.50. The van der Waals surface area contributed by atoms with E-state index in [1.165, 1.54) is 0 Å². The molecule has 0 aliphatic rings. The molecule has 0 aliphatic heterocycles. The molecule has 1 heterocycles. The predicted molar refractivity (Wildman–Crippen MR) is 61.0 cm³/mol. The fourth-order valence-corrected chi connectivity index (χ4v) is 1.56. The average Bonchev–Trinajstić information content (AvgIpc) is 2.15. The summed E-state index contributed by atoms with van der Waals surface area (Å²) in [5, 5.41) is -0.0338. The van der Waals surface area contributed by atoms with E-state index in [9.17, 15) is 8.42 Å². The molecule has 1 aromatic heterocycles. The van der Waals surface area contributed by atoms with Crippen molar-refractivity contribution in [2.24, 2.45) is 0 Å². The summed E-state index contributed by atoms with van der Waals surface area (Å²) in [7, 11) is -3.37. The van der Waals surface area contributed by atoms with Crippen molar-refractivity contribution < 1.29 is 8.42 Å². The summed E-state index contributed by atoms with van der Waals surface area (Å²) in [6.45, 7) is 7.43. The highest BCUT2D eigenvalue weighted by Gasteiger charge is 2.14. The van der Waals surface area contributed by atoms with E-state index < -0.39 is 9.84 Å². The number of aromatic nitrogens is 2. The Bertz CT molecular complexity index is 420. The van der Waals surface area contributed by atoms with Gasteiger partial charge in [0.25, 0.3) is 0 Å². The Morgan fingerprint density at radius 2 is 1.60 bits per heavy atom. The summed E-state index contributed by atoms with van der Waals surface area (Å²) in [5.41, 5.74) is 1.29. The van der Waals surface area contributed by atoms with Crippen LogP contribution in [0, 0.1) is 13.8 Å². The summed E-state index contributed by atoms with van der Waals surface area (Å²) in [4.78, 5) is 7.49. The highest BCUT2D eigenvalue weighted by atomic mass is 35.5. The SMILES string of the molecule is CC.Cc1nc(S(C)(=O)=O)nc(Cl)c1C. The third-order valence-electron chi connectivity index (χ3n) is 1.64. The highest BCUT2D eigenvalue weighted by molar-refractivity contribution is 7.90. The fourth-order valence-electron chi connectivity index (χ4n) is 0.735. The average molecular weight is 251 g/mol. The lowest BCUT2D eigenvalue weighted by atomic mass is 10.3. The quantitative estimate of drug-likeness (QED) is 0.566. The summed E-state index contributed by atoms with van der Waals surface area (Å²) in [6.07, 6.45) is 1.05. The standard InChI is InChI=1S/C7H9ClN2O2S.C2H6/c1-4-5(2)9-7(10-6(4)8)13(3,11)12;1-2/h1-3H3;1-2H3. The van der Waals surface area contributed by atoms with E-state index >= 15 is 0 Å². The van der Waals surface area contributed by atoms with Crippen LogP contribution in [0.3, 0.4) is 0 Å². The van der Waals surface area contributed by atoms with E-state index in [2.05, 4.69) is 9.97 Å². The van der Waals surface area contributed by atoms with Gasteiger partial charge in [-0.25, -0.2) is 18.4 Å². The van der Waals surface area contributed by atoms with Crippen LogP contribution in [0.5, 0.6) is 0 Å². The zero-order valence-corrected chi connectivity index (χ0v) is 11.1. The van der Waals surface area contributed by atoms with E-state index in [-0.39, 0.29) is 10.3 Å². The van der Waals surface area contributed by atoms with Crippen LogP contribution in [-0.4, -0.2) is 24.6 Å². The van der Waals surface area contributed by atoms with Gasteiger partial charge in [0, 0.05) is 17.5 Å². The van der Waals surface area contributed by atoms with Gasteiger partial charge in [-0.05, 0) is 13.8 Å². The number of nitrogens with zero attached hydrogens (tertiary/aromatic N) is 2. The van der Waals surface area contributed by atoms with Gasteiger partial charge in [0.1, 0.15) is 5.15 Å². The topological polar surface area (TPSA) is 59.9 Å². The van der Waals surface area contributed by atoms with E-state index in [0.717, 1.165) is 6.26 Å². The predicted octanol–water partition coefficient (Wildman–Crippen LogP) is 2.18. The van der Waals surface area contributed by atoms with Gasteiger partial charge in [0.05, 0.1) is 0 Å². The Morgan fingerprint density at radius 3 is 1.93 bits per heavy atom. The van der Waals surface area contributed by atoms with Crippen LogP contribution in [0.25, 0.3) is 0 Å². The number of aryl methyl sites for hydroxylation is 1. The van der Waals surface area contributed by atoms with Crippen molar-refractivity contribution in [3.05, 3.63) is 16.4 Å². The van der Waals surface area contributed by atoms with Gasteiger partial charge in [0.15, 0.2) is 0 Å².